The van der Waals surface area contributed by atoms with Gasteiger partial charge in [0.05, 0.1) is 0 Å². The minimum Gasteiger partial charge on any atom is -0.385 e. The van der Waals surface area contributed by atoms with Gasteiger partial charge in [0.2, 0.25) is 5.91 Å². The Morgan fingerprint density at radius 3 is 2.84 bits per heavy atom. The first-order chi connectivity index (χ1) is 12.0. The number of hydrogen-bond acceptors (Lipinski definition) is 4. The minimum absolute atomic E-state index is 0.0862. The number of piperidine rings is 1. The molecular weight excluding hydrogens is 316 g/mol. The molecule has 1 saturated heterocycles. The van der Waals surface area contributed by atoms with Crippen molar-refractivity contribution in [2.75, 3.05) is 25.0 Å². The topological polar surface area (TPSA) is 74.3 Å². The van der Waals surface area contributed by atoms with E-state index in [1.54, 1.807) is 12.3 Å². The molecule has 1 unspecified atom stereocenters. The average molecular weight is 344 g/mol. The first-order valence-corrected chi connectivity index (χ1v) is 9.32. The molecule has 0 bridgehead atoms. The summed E-state index contributed by atoms with van der Waals surface area (Å²) in [5, 5.41) is 6.26. The summed E-state index contributed by atoms with van der Waals surface area (Å²) < 4.78 is 0. The molecule has 0 radical (unpaired) electrons. The first kappa shape index (κ1) is 17.7. The molecule has 2 heterocycles. The molecule has 136 valence electrons. The third-order valence-electron chi connectivity index (χ3n) is 4.76. The van der Waals surface area contributed by atoms with Gasteiger partial charge < -0.3 is 15.5 Å². The molecule has 2 N–H and O–H groups in total. The third kappa shape index (κ3) is 4.94. The van der Waals surface area contributed by atoms with E-state index in [1.807, 2.05) is 24.8 Å². The third-order valence-corrected chi connectivity index (χ3v) is 4.76. The Bertz CT molecular complexity index is 628. The monoisotopic (exact) mass is 344 g/mol. The van der Waals surface area contributed by atoms with Gasteiger partial charge in [-0.1, -0.05) is 0 Å². The summed E-state index contributed by atoms with van der Waals surface area (Å²) in [6, 6.07) is 3.75. The zero-order valence-electron chi connectivity index (χ0n) is 15.1. The summed E-state index contributed by atoms with van der Waals surface area (Å²) in [5.41, 5.74) is 1.32. The Morgan fingerprint density at radius 2 is 2.12 bits per heavy atom. The number of hydrogen-bond donors (Lipinski definition) is 2. The van der Waals surface area contributed by atoms with Crippen LogP contribution in [-0.2, 0) is 4.79 Å². The lowest BCUT2D eigenvalue weighted by atomic mass is 9.97. The van der Waals surface area contributed by atoms with E-state index in [-0.39, 0.29) is 11.9 Å². The van der Waals surface area contributed by atoms with Crippen LogP contribution in [0.15, 0.2) is 18.3 Å². The second kappa shape index (κ2) is 7.85. The molecular formula is C19H28N4O2. The molecule has 25 heavy (non-hydrogen) atoms. The molecule has 2 aliphatic rings. The van der Waals surface area contributed by atoms with Gasteiger partial charge in [-0.25, -0.2) is 0 Å². The predicted molar refractivity (Wildman–Crippen MR) is 97.4 cm³/mol. The molecule has 1 saturated carbocycles. The van der Waals surface area contributed by atoms with Crippen LogP contribution in [0.2, 0.25) is 0 Å². The fourth-order valence-corrected chi connectivity index (χ4v) is 3.28. The van der Waals surface area contributed by atoms with Crippen LogP contribution in [0.1, 0.15) is 50.0 Å². The molecule has 1 aliphatic heterocycles. The van der Waals surface area contributed by atoms with Crippen molar-refractivity contribution in [2.24, 2.45) is 11.8 Å². The number of anilines is 1. The van der Waals surface area contributed by atoms with Gasteiger partial charge >= 0.3 is 0 Å². The van der Waals surface area contributed by atoms with Gasteiger partial charge in [0.15, 0.2) is 0 Å². The zero-order chi connectivity index (χ0) is 17.8. The van der Waals surface area contributed by atoms with Gasteiger partial charge in [-0.05, 0) is 57.6 Å². The number of carbonyl (C=O) groups excluding carboxylic acids is 2. The number of likely N-dealkylation sites (tertiary alicyclic amines) is 1. The molecule has 6 nitrogen and oxygen atoms in total. The average Bonchev–Trinajstić information content (AvgIpc) is 3.44. The quantitative estimate of drug-likeness (QED) is 0.830. The van der Waals surface area contributed by atoms with Crippen molar-refractivity contribution in [1.29, 1.82) is 0 Å². The molecule has 6 heteroatoms. The minimum atomic E-state index is -0.155. The molecule has 2 fully saturated rings. The van der Waals surface area contributed by atoms with Crippen LogP contribution in [0.25, 0.3) is 0 Å². The van der Waals surface area contributed by atoms with E-state index >= 15 is 0 Å². The number of pyridine rings is 1. The summed E-state index contributed by atoms with van der Waals surface area (Å²) in [4.78, 5) is 30.5. The number of aromatic nitrogens is 1. The molecule has 1 aromatic rings. The second-order valence-electron chi connectivity index (χ2n) is 7.51. The summed E-state index contributed by atoms with van der Waals surface area (Å²) in [6.07, 6.45) is 5.99. The fraction of sp³-hybridized carbons (Fsp3) is 0.632. The molecule has 1 aliphatic carbocycles. The van der Waals surface area contributed by atoms with Gasteiger partial charge in [-0.3, -0.25) is 14.6 Å². The van der Waals surface area contributed by atoms with Crippen LogP contribution in [0.3, 0.4) is 0 Å². The summed E-state index contributed by atoms with van der Waals surface area (Å²) >= 11 is 0. The highest BCUT2D eigenvalue weighted by atomic mass is 16.2. The SMILES string of the molecule is CC(C)NC(=O)c1cc(NCC2CCCN(C(=O)C3CC3)C2)ccn1. The molecule has 1 atom stereocenters. The number of nitrogens with one attached hydrogen (secondary N) is 2. The van der Waals surface area contributed by atoms with E-state index in [0.29, 0.717) is 23.4 Å². The van der Waals surface area contributed by atoms with Gasteiger partial charge in [0.1, 0.15) is 5.69 Å². The van der Waals surface area contributed by atoms with Crippen molar-refractivity contribution < 1.29 is 9.59 Å². The summed E-state index contributed by atoms with van der Waals surface area (Å²) in [5.74, 6) is 0.949. The van der Waals surface area contributed by atoms with Gasteiger partial charge in [-0.15, -0.1) is 0 Å². The molecule has 1 aromatic heterocycles. The molecule has 0 spiro atoms. The second-order valence-corrected chi connectivity index (χ2v) is 7.51. The predicted octanol–water partition coefficient (Wildman–Crippen LogP) is 2.28. The zero-order valence-corrected chi connectivity index (χ0v) is 15.1. The van der Waals surface area contributed by atoms with E-state index in [4.69, 9.17) is 0 Å². The van der Waals surface area contributed by atoms with Crippen LogP contribution in [0.4, 0.5) is 5.69 Å². The van der Waals surface area contributed by atoms with Gasteiger partial charge in [0.25, 0.3) is 5.91 Å². The van der Waals surface area contributed by atoms with Crippen molar-refractivity contribution in [3.8, 4) is 0 Å². The van der Waals surface area contributed by atoms with E-state index in [0.717, 1.165) is 51.0 Å². The number of nitrogens with zero attached hydrogens (tertiary/aromatic N) is 2. The van der Waals surface area contributed by atoms with Gasteiger partial charge in [-0.2, -0.15) is 0 Å². The number of rotatable bonds is 6. The Kier molecular flexibility index (Phi) is 5.56. The summed E-state index contributed by atoms with van der Waals surface area (Å²) in [7, 11) is 0. The van der Waals surface area contributed by atoms with Crippen LogP contribution >= 0.6 is 0 Å². The Hall–Kier alpha value is -2.11. The molecule has 3 rings (SSSR count). The molecule has 2 amide bonds. The standard InChI is InChI=1S/C19H28N4O2/c1-13(2)22-18(24)17-10-16(7-8-20-17)21-11-14-4-3-9-23(12-14)19(25)15-5-6-15/h7-8,10,13-15H,3-6,9,11-12H2,1-2H3,(H,20,21)(H,22,24). The maximum absolute atomic E-state index is 12.2. The molecule has 0 aromatic carbocycles. The highest BCUT2D eigenvalue weighted by Crippen LogP contribution is 2.32. The lowest BCUT2D eigenvalue weighted by molar-refractivity contribution is -0.134. The van der Waals surface area contributed by atoms with Gasteiger partial charge in [0, 0.05) is 43.5 Å². The van der Waals surface area contributed by atoms with E-state index < -0.39 is 0 Å². The fourth-order valence-electron chi connectivity index (χ4n) is 3.28. The van der Waals surface area contributed by atoms with Crippen LogP contribution in [-0.4, -0.2) is 47.4 Å². The van der Waals surface area contributed by atoms with E-state index in [1.165, 1.54) is 0 Å². The highest BCUT2D eigenvalue weighted by Gasteiger charge is 2.35. The largest absolute Gasteiger partial charge is 0.385 e. The lowest BCUT2D eigenvalue weighted by Gasteiger charge is -2.33. The van der Waals surface area contributed by atoms with Crippen molar-refractivity contribution in [3.05, 3.63) is 24.0 Å². The Labute approximate surface area is 149 Å². The van der Waals surface area contributed by atoms with Crippen LogP contribution in [0.5, 0.6) is 0 Å². The maximum atomic E-state index is 12.2. The highest BCUT2D eigenvalue weighted by molar-refractivity contribution is 5.93. The summed E-state index contributed by atoms with van der Waals surface area (Å²) in [6.45, 7) is 6.41. The smallest absolute Gasteiger partial charge is 0.270 e. The maximum Gasteiger partial charge on any atom is 0.270 e. The number of amides is 2. The normalized spacial score (nSPS) is 20.4. The van der Waals surface area contributed by atoms with Crippen LogP contribution in [0, 0.1) is 11.8 Å². The van der Waals surface area contributed by atoms with E-state index in [9.17, 15) is 9.59 Å². The lowest BCUT2D eigenvalue weighted by Crippen LogP contribution is -2.42. The van der Waals surface area contributed by atoms with E-state index in [2.05, 4.69) is 15.6 Å². The van der Waals surface area contributed by atoms with Crippen molar-refractivity contribution in [2.45, 2.75) is 45.6 Å². The Morgan fingerprint density at radius 1 is 1.32 bits per heavy atom. The first-order valence-electron chi connectivity index (χ1n) is 9.32. The van der Waals surface area contributed by atoms with Crippen molar-refractivity contribution >= 4 is 17.5 Å². The van der Waals surface area contributed by atoms with Crippen LogP contribution < -0.4 is 10.6 Å². The Balaban J connectivity index is 1.52. The van der Waals surface area contributed by atoms with Crippen molar-refractivity contribution in [1.82, 2.24) is 15.2 Å². The number of carbonyl (C=O) groups is 2. The van der Waals surface area contributed by atoms with Crippen molar-refractivity contribution in [3.63, 3.8) is 0 Å².